The lowest BCUT2D eigenvalue weighted by molar-refractivity contribution is -0.155. The topological polar surface area (TPSA) is 119 Å². The third kappa shape index (κ3) is 9.41. The van der Waals surface area contributed by atoms with E-state index in [1.165, 1.54) is 23.0 Å². The zero-order chi connectivity index (χ0) is 35.0. The minimum absolute atomic E-state index is 0.148. The summed E-state index contributed by atoms with van der Waals surface area (Å²) in [7, 11) is 1.80. The third-order valence-electron chi connectivity index (χ3n) is 6.93. The summed E-state index contributed by atoms with van der Waals surface area (Å²) < 4.78 is 70.8. The number of halogens is 4. The standard InChI is InChI=1S/C33H38F4N6O5/c1-6-20-17-21(7-8-22(20)31(45)39-12-15-46-16-14-42(5)19-26(44)48-33(2,3)4)41-29-30-40-18-24(43(30)13-11-38-29)23-9-10-25(47-32(36)37)28(35)27(23)34/h7-11,13,17-18,32H,6,12,14-16,19H2,1-5H3,(H,38,41)(H,39,45). The molecule has 258 valence electrons. The molecule has 0 aliphatic rings. The molecule has 0 saturated heterocycles. The van der Waals surface area contributed by atoms with Crippen molar-refractivity contribution in [3.8, 4) is 17.0 Å². The first-order valence-corrected chi connectivity index (χ1v) is 15.2. The first-order chi connectivity index (χ1) is 22.8. The summed E-state index contributed by atoms with van der Waals surface area (Å²) in [6.45, 7) is 5.68. The molecule has 4 aromatic rings. The monoisotopic (exact) mass is 674 g/mol. The van der Waals surface area contributed by atoms with Crippen molar-refractivity contribution >= 4 is 29.0 Å². The summed E-state index contributed by atoms with van der Waals surface area (Å²) in [6, 6.07) is 7.24. The number of carbonyl (C=O) groups excluding carboxylic acids is 2. The zero-order valence-electron chi connectivity index (χ0n) is 27.3. The molecule has 2 aromatic carbocycles. The van der Waals surface area contributed by atoms with Crippen molar-refractivity contribution < 1.29 is 41.4 Å². The fraction of sp³-hybridized carbons (Fsp3) is 0.394. The normalized spacial score (nSPS) is 11.7. The smallest absolute Gasteiger partial charge is 0.387 e. The molecule has 15 heteroatoms. The fourth-order valence-corrected chi connectivity index (χ4v) is 4.77. The molecular formula is C33H38F4N6O5. The van der Waals surface area contributed by atoms with Crippen molar-refractivity contribution in [1.29, 1.82) is 0 Å². The van der Waals surface area contributed by atoms with Crippen molar-refractivity contribution in [3.63, 3.8) is 0 Å². The number of nitrogens with zero attached hydrogens (tertiary/aromatic N) is 4. The highest BCUT2D eigenvalue weighted by Crippen LogP contribution is 2.32. The molecule has 2 heterocycles. The van der Waals surface area contributed by atoms with Gasteiger partial charge in [0.05, 0.1) is 31.6 Å². The molecule has 4 rings (SSSR count). The van der Waals surface area contributed by atoms with E-state index in [1.807, 2.05) is 27.7 Å². The maximum Gasteiger partial charge on any atom is 0.387 e. The highest BCUT2D eigenvalue weighted by atomic mass is 19.3. The highest BCUT2D eigenvalue weighted by molar-refractivity contribution is 5.96. The van der Waals surface area contributed by atoms with E-state index in [-0.39, 0.29) is 35.3 Å². The number of ether oxygens (including phenoxy) is 3. The van der Waals surface area contributed by atoms with Crippen LogP contribution in [-0.4, -0.2) is 83.3 Å². The predicted molar refractivity (Wildman–Crippen MR) is 171 cm³/mol. The first kappa shape index (κ1) is 36.1. The Morgan fingerprint density at radius 1 is 1.06 bits per heavy atom. The average Bonchev–Trinajstić information content (AvgIpc) is 3.45. The van der Waals surface area contributed by atoms with Crippen LogP contribution in [0.2, 0.25) is 0 Å². The van der Waals surface area contributed by atoms with Gasteiger partial charge in [0.15, 0.2) is 23.0 Å². The molecule has 2 N–H and O–H groups in total. The van der Waals surface area contributed by atoms with Crippen LogP contribution in [0.5, 0.6) is 5.75 Å². The Labute approximate surface area is 275 Å². The van der Waals surface area contributed by atoms with Gasteiger partial charge in [0, 0.05) is 42.3 Å². The number of aryl methyl sites for hydroxylation is 1. The lowest BCUT2D eigenvalue weighted by Crippen LogP contribution is -2.34. The quantitative estimate of drug-likeness (QED) is 0.0944. The van der Waals surface area contributed by atoms with Gasteiger partial charge in [0.2, 0.25) is 5.82 Å². The molecule has 1 amide bonds. The van der Waals surface area contributed by atoms with Crippen LogP contribution in [0, 0.1) is 11.6 Å². The minimum Gasteiger partial charge on any atom is -0.459 e. The van der Waals surface area contributed by atoms with Gasteiger partial charge in [-0.1, -0.05) is 6.92 Å². The number of aromatic nitrogens is 3. The van der Waals surface area contributed by atoms with Crippen LogP contribution in [0.25, 0.3) is 16.9 Å². The van der Waals surface area contributed by atoms with Gasteiger partial charge >= 0.3 is 12.6 Å². The van der Waals surface area contributed by atoms with E-state index >= 15 is 0 Å². The molecule has 0 aliphatic carbocycles. The lowest BCUT2D eigenvalue weighted by atomic mass is 10.0. The number of alkyl halides is 2. The molecule has 0 aliphatic heterocycles. The molecule has 0 radical (unpaired) electrons. The second-order valence-corrected chi connectivity index (χ2v) is 11.8. The number of carbonyl (C=O) groups is 2. The summed E-state index contributed by atoms with van der Waals surface area (Å²) in [5, 5.41) is 6.01. The molecule has 0 unspecified atom stereocenters. The minimum atomic E-state index is -3.31. The van der Waals surface area contributed by atoms with Gasteiger partial charge in [-0.25, -0.2) is 14.4 Å². The van der Waals surface area contributed by atoms with Gasteiger partial charge in [-0.15, -0.1) is 0 Å². The third-order valence-corrected chi connectivity index (χ3v) is 6.93. The van der Waals surface area contributed by atoms with E-state index < -0.39 is 29.6 Å². The van der Waals surface area contributed by atoms with Crippen LogP contribution in [-0.2, 0) is 20.7 Å². The molecule has 0 bridgehead atoms. The van der Waals surface area contributed by atoms with Crippen molar-refractivity contribution in [2.24, 2.45) is 0 Å². The van der Waals surface area contributed by atoms with E-state index in [4.69, 9.17) is 9.47 Å². The average molecular weight is 675 g/mol. The van der Waals surface area contributed by atoms with Gasteiger partial charge in [-0.2, -0.15) is 13.2 Å². The number of benzene rings is 2. The number of esters is 1. The first-order valence-electron chi connectivity index (χ1n) is 15.2. The molecule has 0 fully saturated rings. The molecule has 11 nitrogen and oxygen atoms in total. The Kier molecular flexibility index (Phi) is 11.9. The second-order valence-electron chi connectivity index (χ2n) is 11.8. The van der Waals surface area contributed by atoms with Crippen LogP contribution in [0.3, 0.4) is 0 Å². The van der Waals surface area contributed by atoms with Crippen LogP contribution in [0.1, 0.15) is 43.6 Å². The Balaban J connectivity index is 1.35. The summed E-state index contributed by atoms with van der Waals surface area (Å²) in [5.74, 6) is -4.08. The Hall–Kier alpha value is -4.76. The van der Waals surface area contributed by atoms with Gasteiger partial charge in [-0.05, 0) is 70.1 Å². The number of anilines is 2. The van der Waals surface area contributed by atoms with Gasteiger partial charge in [-0.3, -0.25) is 18.9 Å². The van der Waals surface area contributed by atoms with Crippen LogP contribution in [0.4, 0.5) is 29.1 Å². The van der Waals surface area contributed by atoms with Crippen LogP contribution in [0.15, 0.2) is 48.9 Å². The number of amides is 1. The van der Waals surface area contributed by atoms with Crippen LogP contribution >= 0.6 is 0 Å². The molecule has 2 aromatic heterocycles. The number of likely N-dealkylation sites (N-methyl/N-ethyl adjacent to an activating group) is 1. The van der Waals surface area contributed by atoms with E-state index in [0.717, 1.165) is 17.7 Å². The summed E-state index contributed by atoms with van der Waals surface area (Å²) in [5.41, 5.74) is 1.56. The van der Waals surface area contributed by atoms with Gasteiger partial charge in [0.25, 0.3) is 5.91 Å². The van der Waals surface area contributed by atoms with Crippen molar-refractivity contribution in [2.45, 2.75) is 46.3 Å². The van der Waals surface area contributed by atoms with Crippen molar-refractivity contribution in [3.05, 3.63) is 71.7 Å². The lowest BCUT2D eigenvalue weighted by Gasteiger charge is -2.22. The number of imidazole rings is 1. The number of hydrogen-bond donors (Lipinski definition) is 2. The fourth-order valence-electron chi connectivity index (χ4n) is 4.77. The molecular weight excluding hydrogens is 636 g/mol. The number of hydrogen-bond acceptors (Lipinski definition) is 9. The number of fused-ring (bicyclic) bond motifs is 1. The highest BCUT2D eigenvalue weighted by Gasteiger charge is 2.22. The predicted octanol–water partition coefficient (Wildman–Crippen LogP) is 5.60. The summed E-state index contributed by atoms with van der Waals surface area (Å²) >= 11 is 0. The Morgan fingerprint density at radius 2 is 1.83 bits per heavy atom. The van der Waals surface area contributed by atoms with Crippen molar-refractivity contribution in [2.75, 3.05) is 45.2 Å². The van der Waals surface area contributed by atoms with Crippen LogP contribution < -0.4 is 15.4 Å². The zero-order valence-corrected chi connectivity index (χ0v) is 27.3. The largest absolute Gasteiger partial charge is 0.459 e. The maximum absolute atomic E-state index is 14.9. The van der Waals surface area contributed by atoms with E-state index in [9.17, 15) is 27.2 Å². The second kappa shape index (κ2) is 15.9. The molecule has 0 atom stereocenters. The molecule has 0 saturated carbocycles. The maximum atomic E-state index is 14.9. The number of nitrogens with one attached hydrogen (secondary N) is 2. The summed E-state index contributed by atoms with van der Waals surface area (Å²) in [4.78, 5) is 35.3. The van der Waals surface area contributed by atoms with E-state index in [0.29, 0.717) is 49.8 Å². The Bertz CT molecular complexity index is 1740. The number of rotatable bonds is 15. The molecule has 48 heavy (non-hydrogen) atoms. The SMILES string of the molecule is CCc1cc(Nc2nccn3c(-c4ccc(OC(F)F)c(F)c4F)cnc23)ccc1C(=O)NCCOCCN(C)CC(=O)OC(C)(C)C. The van der Waals surface area contributed by atoms with Gasteiger partial charge < -0.3 is 24.8 Å². The molecule has 0 spiro atoms. The van der Waals surface area contributed by atoms with Gasteiger partial charge in [0.1, 0.15) is 5.60 Å². The van der Waals surface area contributed by atoms with E-state index in [1.54, 1.807) is 30.1 Å². The summed E-state index contributed by atoms with van der Waals surface area (Å²) in [6.07, 6.45) is 4.80. The van der Waals surface area contributed by atoms with Crippen molar-refractivity contribution in [1.82, 2.24) is 24.6 Å². The Morgan fingerprint density at radius 3 is 2.54 bits per heavy atom. The van der Waals surface area contributed by atoms with E-state index in [2.05, 4.69) is 25.3 Å².